The number of anilines is 2. The van der Waals surface area contributed by atoms with Gasteiger partial charge < -0.3 is 5.32 Å². The first-order valence-electron chi connectivity index (χ1n) is 13.2. The first-order valence-corrected chi connectivity index (χ1v) is 13.6. The molecule has 1 aliphatic heterocycles. The molecule has 0 unspecified atom stereocenters. The van der Waals surface area contributed by atoms with Crippen molar-refractivity contribution in [3.8, 4) is 0 Å². The first-order chi connectivity index (χ1) is 19.6. The molecule has 222 valence electrons. The number of aromatic nitrogens is 2. The van der Waals surface area contributed by atoms with Crippen LogP contribution < -0.4 is 15.1 Å². The third kappa shape index (κ3) is 6.56. The largest absolute Gasteiger partial charge is 0.351 e. The van der Waals surface area contributed by atoms with Gasteiger partial charge in [0.25, 0.3) is 5.91 Å². The lowest BCUT2D eigenvalue weighted by Gasteiger charge is -2.37. The summed E-state index contributed by atoms with van der Waals surface area (Å²) in [7, 11) is 0. The van der Waals surface area contributed by atoms with E-state index in [1.165, 1.54) is 41.7 Å². The highest BCUT2D eigenvalue weighted by molar-refractivity contribution is 6.31. The highest BCUT2D eigenvalue weighted by Crippen LogP contribution is 2.37. The van der Waals surface area contributed by atoms with Gasteiger partial charge in [0.15, 0.2) is 5.82 Å². The molecule has 0 spiro atoms. The van der Waals surface area contributed by atoms with Gasteiger partial charge >= 0.3 is 0 Å². The maximum Gasteiger partial charge on any atom is 0.251 e. The number of amides is 3. The van der Waals surface area contributed by atoms with Crippen LogP contribution in [0.3, 0.4) is 0 Å². The number of nitrogens with one attached hydrogen (secondary N) is 1. The maximum absolute atomic E-state index is 14.5. The highest BCUT2D eigenvalue weighted by Gasteiger charge is 2.45. The van der Waals surface area contributed by atoms with E-state index in [9.17, 15) is 27.6 Å². The molecule has 1 saturated carbocycles. The molecule has 1 saturated heterocycles. The number of hydrogen-bond donors (Lipinski definition) is 1. The van der Waals surface area contributed by atoms with Gasteiger partial charge in [-0.1, -0.05) is 43.3 Å². The van der Waals surface area contributed by atoms with Crippen LogP contribution >= 0.6 is 11.6 Å². The van der Waals surface area contributed by atoms with E-state index in [0.717, 1.165) is 11.0 Å². The minimum atomic E-state index is -2.80. The summed E-state index contributed by atoms with van der Waals surface area (Å²) in [5, 5.41) is 2.99. The van der Waals surface area contributed by atoms with Gasteiger partial charge in [0.2, 0.25) is 17.7 Å². The summed E-state index contributed by atoms with van der Waals surface area (Å²) in [5.41, 5.74) is 0.310. The van der Waals surface area contributed by atoms with Gasteiger partial charge in [-0.25, -0.2) is 18.2 Å². The van der Waals surface area contributed by atoms with Crippen molar-refractivity contribution in [3.63, 3.8) is 0 Å². The maximum atomic E-state index is 14.5. The Labute approximate surface area is 246 Å². The van der Waals surface area contributed by atoms with E-state index < -0.39 is 41.7 Å². The predicted molar refractivity (Wildman–Crippen MR) is 153 cm³/mol. The van der Waals surface area contributed by atoms with Crippen molar-refractivity contribution in [2.45, 2.75) is 70.0 Å². The zero-order valence-corrected chi connectivity index (χ0v) is 22.6. The predicted octanol–water partition coefficient (Wildman–Crippen LogP) is 5.87. The van der Waals surface area contributed by atoms with E-state index in [2.05, 4.69) is 15.3 Å². The van der Waals surface area contributed by atoms with Gasteiger partial charge in [-0.05, 0) is 43.5 Å². The Bertz CT molecular complexity index is 1430. The molecule has 2 atom stereocenters. The van der Waals surface area contributed by atoms with E-state index in [4.69, 9.17) is 11.6 Å². The SMILES string of the molecule is C.O=C(NC1CCC(F)(F)CC1)[C@@H](c1ccccc1Cl)N(C(=O)[C@@H]1CCC(=O)N1c1cnccn1)c1cccc(F)c1. The molecule has 0 bridgehead atoms. The second-order valence-corrected chi connectivity index (χ2v) is 10.5. The normalized spacial score (nSPS) is 19.1. The molecule has 42 heavy (non-hydrogen) atoms. The van der Waals surface area contributed by atoms with Crippen molar-refractivity contribution in [2.75, 3.05) is 9.80 Å². The molecule has 3 aromatic rings. The Morgan fingerprint density at radius 1 is 1.07 bits per heavy atom. The van der Waals surface area contributed by atoms with Crippen LogP contribution in [0.15, 0.2) is 67.1 Å². The van der Waals surface area contributed by atoms with Gasteiger partial charge in [-0.2, -0.15) is 0 Å². The van der Waals surface area contributed by atoms with Crippen molar-refractivity contribution in [3.05, 3.63) is 83.5 Å². The van der Waals surface area contributed by atoms with Crippen molar-refractivity contribution in [1.29, 1.82) is 0 Å². The van der Waals surface area contributed by atoms with Gasteiger partial charge in [-0.15, -0.1) is 0 Å². The quantitative estimate of drug-likeness (QED) is 0.365. The number of hydrogen-bond acceptors (Lipinski definition) is 5. The highest BCUT2D eigenvalue weighted by atomic mass is 35.5. The minimum absolute atomic E-state index is 0. The summed E-state index contributed by atoms with van der Waals surface area (Å²) in [4.78, 5) is 51.9. The molecular formula is C30H31ClF3N5O3. The van der Waals surface area contributed by atoms with Gasteiger partial charge in [-0.3, -0.25) is 29.2 Å². The molecule has 3 amide bonds. The van der Waals surface area contributed by atoms with Crippen molar-refractivity contribution in [1.82, 2.24) is 15.3 Å². The number of benzene rings is 2. The van der Waals surface area contributed by atoms with Crippen molar-refractivity contribution >= 4 is 40.8 Å². The van der Waals surface area contributed by atoms with Crippen LogP contribution in [-0.4, -0.2) is 45.7 Å². The van der Waals surface area contributed by atoms with Crippen LogP contribution in [0.1, 0.15) is 57.6 Å². The Kier molecular flexibility index (Phi) is 9.50. The second-order valence-electron chi connectivity index (χ2n) is 10.1. The zero-order valence-electron chi connectivity index (χ0n) is 21.9. The standard InChI is InChI=1S/C29H27ClF3N5O3.CH4/c30-22-7-2-1-6-21(22)26(27(40)36-19-10-12-29(32,33)13-11-19)37(20-5-3-4-18(31)16-20)28(41)23-8-9-25(39)38(23)24-17-34-14-15-35-24;/h1-7,14-17,19,23,26H,8-13H2,(H,36,40);1H4/t23-,26+;/m0./s1. The number of rotatable bonds is 7. The molecular weight excluding hydrogens is 571 g/mol. The lowest BCUT2D eigenvalue weighted by atomic mass is 9.91. The van der Waals surface area contributed by atoms with Gasteiger partial charge in [0.05, 0.1) is 6.20 Å². The average molecular weight is 602 g/mol. The molecule has 0 radical (unpaired) electrons. The van der Waals surface area contributed by atoms with E-state index >= 15 is 0 Å². The summed E-state index contributed by atoms with van der Waals surface area (Å²) in [6, 6.07) is 8.57. The molecule has 2 fully saturated rings. The minimum Gasteiger partial charge on any atom is -0.351 e. The average Bonchev–Trinajstić information content (AvgIpc) is 3.34. The Hall–Kier alpha value is -3.99. The number of carbonyl (C=O) groups excluding carboxylic acids is 3. The van der Waals surface area contributed by atoms with Crippen LogP contribution in [0.25, 0.3) is 0 Å². The molecule has 1 aromatic heterocycles. The topological polar surface area (TPSA) is 95.5 Å². The molecule has 2 aromatic carbocycles. The van der Waals surface area contributed by atoms with Gasteiger partial charge in [0, 0.05) is 54.0 Å². The Morgan fingerprint density at radius 2 is 1.81 bits per heavy atom. The monoisotopic (exact) mass is 601 g/mol. The van der Waals surface area contributed by atoms with Crippen LogP contribution in [-0.2, 0) is 14.4 Å². The first kappa shape index (κ1) is 31.0. The molecule has 1 N–H and O–H groups in total. The van der Waals surface area contributed by atoms with E-state index in [0.29, 0.717) is 0 Å². The van der Waals surface area contributed by atoms with Crippen LogP contribution in [0.2, 0.25) is 5.02 Å². The fraction of sp³-hybridized carbons (Fsp3) is 0.367. The number of halogens is 4. The lowest BCUT2D eigenvalue weighted by Crippen LogP contribution is -2.53. The molecule has 5 rings (SSSR count). The Morgan fingerprint density at radius 3 is 2.48 bits per heavy atom. The van der Waals surface area contributed by atoms with E-state index in [1.54, 1.807) is 24.3 Å². The van der Waals surface area contributed by atoms with Crippen LogP contribution in [0.5, 0.6) is 0 Å². The summed E-state index contributed by atoms with van der Waals surface area (Å²) in [5.74, 6) is -4.98. The fourth-order valence-corrected chi connectivity index (χ4v) is 5.61. The van der Waals surface area contributed by atoms with Crippen molar-refractivity contribution < 1.29 is 27.6 Å². The number of carbonyl (C=O) groups is 3. The molecule has 1 aliphatic carbocycles. The smallest absolute Gasteiger partial charge is 0.251 e. The van der Waals surface area contributed by atoms with Gasteiger partial charge in [0.1, 0.15) is 17.9 Å². The Balaban J connectivity index is 0.00000405. The number of alkyl halides is 2. The molecule has 8 nitrogen and oxygen atoms in total. The third-order valence-electron chi connectivity index (χ3n) is 7.39. The fourth-order valence-electron chi connectivity index (χ4n) is 5.37. The summed E-state index contributed by atoms with van der Waals surface area (Å²) in [6.45, 7) is 0. The van der Waals surface area contributed by atoms with Crippen molar-refractivity contribution in [2.24, 2.45) is 0 Å². The molecule has 2 heterocycles. The molecule has 2 aliphatic rings. The van der Waals surface area contributed by atoms with Crippen LogP contribution in [0, 0.1) is 5.82 Å². The zero-order chi connectivity index (χ0) is 29.1. The summed E-state index contributed by atoms with van der Waals surface area (Å²) >= 11 is 6.54. The molecule has 12 heteroatoms. The summed E-state index contributed by atoms with van der Waals surface area (Å²) in [6.07, 6.45) is 3.69. The third-order valence-corrected chi connectivity index (χ3v) is 7.73. The van der Waals surface area contributed by atoms with Crippen LogP contribution in [0.4, 0.5) is 24.7 Å². The second kappa shape index (κ2) is 12.9. The van der Waals surface area contributed by atoms with E-state index in [-0.39, 0.29) is 74.0 Å². The van der Waals surface area contributed by atoms with E-state index in [1.807, 2.05) is 0 Å². The summed E-state index contributed by atoms with van der Waals surface area (Å²) < 4.78 is 42.2. The lowest BCUT2D eigenvalue weighted by molar-refractivity contribution is -0.128. The number of nitrogens with zero attached hydrogens (tertiary/aromatic N) is 4.